The Labute approximate surface area is 251 Å². The molecule has 0 aromatic heterocycles. The summed E-state index contributed by atoms with van der Waals surface area (Å²) in [6.07, 6.45) is 7.29. The van der Waals surface area contributed by atoms with E-state index in [2.05, 4.69) is 26.6 Å². The molecule has 1 heterocycles. The van der Waals surface area contributed by atoms with Gasteiger partial charge in [-0.1, -0.05) is 77.7 Å². The van der Waals surface area contributed by atoms with Crippen LogP contribution in [0.15, 0.2) is 53.0 Å². The van der Waals surface area contributed by atoms with Crippen LogP contribution in [0.3, 0.4) is 0 Å². The number of hydrogen-bond donors (Lipinski definition) is 6. The number of benzene rings is 2. The van der Waals surface area contributed by atoms with Crippen molar-refractivity contribution in [2.75, 3.05) is 19.6 Å². The lowest BCUT2D eigenvalue weighted by molar-refractivity contribution is -0.131. The zero-order valence-corrected chi connectivity index (χ0v) is 25.1. The van der Waals surface area contributed by atoms with Gasteiger partial charge < -0.3 is 27.0 Å². The number of guanidine groups is 1. The molecule has 0 radical (unpaired) electrons. The summed E-state index contributed by atoms with van der Waals surface area (Å²) in [5, 5.41) is 21.7. The van der Waals surface area contributed by atoms with Crippen LogP contribution in [0, 0.1) is 22.7 Å². The molecule has 0 bridgehead atoms. The molecule has 2 aromatic rings. The van der Waals surface area contributed by atoms with Gasteiger partial charge in [0.15, 0.2) is 5.96 Å². The summed E-state index contributed by atoms with van der Waals surface area (Å²) in [4.78, 5) is 29.5. The normalized spacial score (nSPS) is 17.8. The number of amides is 2. The third-order valence-corrected chi connectivity index (χ3v) is 9.25. The minimum atomic E-state index is -0.592. The number of hydrogen-bond acceptors (Lipinski definition) is 4. The average molecular weight is 625 g/mol. The van der Waals surface area contributed by atoms with Crippen LogP contribution < -0.4 is 22.1 Å². The highest BCUT2D eigenvalue weighted by Gasteiger charge is 2.34. The quantitative estimate of drug-likeness (QED) is 0.175. The van der Waals surface area contributed by atoms with Crippen molar-refractivity contribution in [1.29, 1.82) is 10.8 Å². The Morgan fingerprint density at radius 1 is 0.927 bits per heavy atom. The number of nitrogen functional groups attached to an aromatic ring is 1. The number of carbonyl (C=O) groups is 2. The van der Waals surface area contributed by atoms with Crippen molar-refractivity contribution >= 4 is 39.5 Å². The molecule has 1 saturated carbocycles. The van der Waals surface area contributed by atoms with Gasteiger partial charge >= 0.3 is 0 Å². The minimum Gasteiger partial charge on any atom is -0.384 e. The van der Waals surface area contributed by atoms with Crippen molar-refractivity contribution in [1.82, 2.24) is 15.5 Å². The molecule has 0 spiro atoms. The Balaban J connectivity index is 1.50. The van der Waals surface area contributed by atoms with Crippen LogP contribution in [0.4, 0.5) is 0 Å². The second-order valence-corrected chi connectivity index (χ2v) is 12.2. The first-order valence-corrected chi connectivity index (χ1v) is 15.4. The lowest BCUT2D eigenvalue weighted by Crippen LogP contribution is -2.53. The van der Waals surface area contributed by atoms with Gasteiger partial charge in [-0.25, -0.2) is 0 Å². The highest BCUT2D eigenvalue weighted by Crippen LogP contribution is 2.31. The van der Waals surface area contributed by atoms with Crippen molar-refractivity contribution in [3.05, 3.63) is 69.7 Å². The van der Waals surface area contributed by atoms with E-state index in [1.165, 1.54) is 0 Å². The third-order valence-electron chi connectivity index (χ3n) is 8.52. The van der Waals surface area contributed by atoms with Gasteiger partial charge in [-0.2, -0.15) is 0 Å². The fourth-order valence-corrected chi connectivity index (χ4v) is 6.57. The van der Waals surface area contributed by atoms with E-state index >= 15 is 0 Å². The Bertz CT molecular complexity index is 1220. The van der Waals surface area contributed by atoms with Gasteiger partial charge in [0.05, 0.1) is 5.92 Å². The largest absolute Gasteiger partial charge is 0.384 e. The number of nitrogens with zero attached hydrogens (tertiary/aromatic N) is 1. The molecule has 8 N–H and O–H groups in total. The molecule has 1 saturated heterocycles. The molecule has 2 fully saturated rings. The number of amidine groups is 1. The Morgan fingerprint density at radius 3 is 2.20 bits per heavy atom. The first-order valence-electron chi connectivity index (χ1n) is 14.6. The third kappa shape index (κ3) is 8.31. The van der Waals surface area contributed by atoms with Crippen LogP contribution in [0.5, 0.6) is 0 Å². The monoisotopic (exact) mass is 623 g/mol. The minimum absolute atomic E-state index is 0.00221. The number of carbonyl (C=O) groups excluding carboxylic acids is 2. The van der Waals surface area contributed by atoms with Crippen molar-refractivity contribution in [3.8, 4) is 0 Å². The van der Waals surface area contributed by atoms with Crippen LogP contribution in [-0.4, -0.2) is 54.2 Å². The molecule has 1 aliphatic carbocycles. The Hall–Kier alpha value is -3.40. The lowest BCUT2D eigenvalue weighted by Gasteiger charge is -2.34. The predicted octanol–water partition coefficient (Wildman–Crippen LogP) is 3.85. The summed E-state index contributed by atoms with van der Waals surface area (Å²) in [5.41, 5.74) is 13.7. The summed E-state index contributed by atoms with van der Waals surface area (Å²) >= 11 is 3.63. The SMILES string of the molecule is N=C(N)c1ccc(CC(C(=O)N[C@H](C(=O)NCC2CCN(C(=N)N)CC2)C2CCCCC2)c2ccccc2Br)cc1. The molecule has 4 rings (SSSR count). The lowest BCUT2D eigenvalue weighted by atomic mass is 9.82. The first kappa shape index (κ1) is 30.6. The van der Waals surface area contributed by atoms with Gasteiger partial charge in [-0.3, -0.25) is 20.4 Å². The number of halogens is 1. The fraction of sp³-hybridized carbons (Fsp3) is 0.484. The molecule has 41 heavy (non-hydrogen) atoms. The zero-order valence-electron chi connectivity index (χ0n) is 23.5. The van der Waals surface area contributed by atoms with Crippen molar-refractivity contribution in [3.63, 3.8) is 0 Å². The summed E-state index contributed by atoms with van der Waals surface area (Å²) in [6, 6.07) is 14.5. The number of nitrogens with one attached hydrogen (secondary N) is 4. The summed E-state index contributed by atoms with van der Waals surface area (Å²) in [5.74, 6) is -0.276. The molecule has 10 heteroatoms. The summed E-state index contributed by atoms with van der Waals surface area (Å²) in [7, 11) is 0. The van der Waals surface area contributed by atoms with E-state index in [1.807, 2.05) is 41.3 Å². The Kier molecular flexibility index (Phi) is 10.8. The number of nitrogens with two attached hydrogens (primary N) is 2. The van der Waals surface area contributed by atoms with Crippen LogP contribution in [-0.2, 0) is 16.0 Å². The molecule has 2 atom stereocenters. The highest BCUT2D eigenvalue weighted by molar-refractivity contribution is 9.10. The molecule has 2 amide bonds. The highest BCUT2D eigenvalue weighted by atomic mass is 79.9. The van der Waals surface area contributed by atoms with Crippen molar-refractivity contribution in [2.24, 2.45) is 23.3 Å². The molecular formula is C31H42BrN7O2. The number of likely N-dealkylation sites (tertiary alicyclic amines) is 1. The van der Waals surface area contributed by atoms with Crippen molar-refractivity contribution < 1.29 is 9.59 Å². The average Bonchev–Trinajstić information content (AvgIpc) is 2.98. The van der Waals surface area contributed by atoms with Crippen LogP contribution in [0.1, 0.15) is 67.6 Å². The summed E-state index contributed by atoms with van der Waals surface area (Å²) < 4.78 is 0.844. The second-order valence-electron chi connectivity index (χ2n) is 11.3. The molecule has 1 aliphatic heterocycles. The molecular weight excluding hydrogens is 582 g/mol. The molecule has 2 aliphatic rings. The fourth-order valence-electron chi connectivity index (χ4n) is 6.01. The van der Waals surface area contributed by atoms with Gasteiger partial charge in [-0.15, -0.1) is 0 Å². The predicted molar refractivity (Wildman–Crippen MR) is 166 cm³/mol. The molecule has 220 valence electrons. The first-order chi connectivity index (χ1) is 19.7. The topological polar surface area (TPSA) is 161 Å². The smallest absolute Gasteiger partial charge is 0.242 e. The molecule has 1 unspecified atom stereocenters. The van der Waals surface area contributed by atoms with E-state index < -0.39 is 12.0 Å². The maximum absolute atomic E-state index is 14.0. The van der Waals surface area contributed by atoms with Gasteiger partial charge in [0.1, 0.15) is 11.9 Å². The Morgan fingerprint density at radius 2 is 1.59 bits per heavy atom. The van der Waals surface area contributed by atoms with E-state index in [9.17, 15) is 9.59 Å². The van der Waals surface area contributed by atoms with E-state index in [-0.39, 0.29) is 29.5 Å². The van der Waals surface area contributed by atoms with E-state index in [4.69, 9.17) is 22.3 Å². The molecule has 9 nitrogen and oxygen atoms in total. The van der Waals surface area contributed by atoms with Gasteiger partial charge in [0.25, 0.3) is 0 Å². The van der Waals surface area contributed by atoms with Crippen LogP contribution >= 0.6 is 15.9 Å². The van der Waals surface area contributed by atoms with Gasteiger partial charge in [0.2, 0.25) is 11.8 Å². The zero-order chi connectivity index (χ0) is 29.4. The number of piperidine rings is 1. The second kappa shape index (κ2) is 14.5. The number of rotatable bonds is 10. The van der Waals surface area contributed by atoms with E-state index in [0.717, 1.165) is 73.6 Å². The maximum atomic E-state index is 14.0. The van der Waals surface area contributed by atoms with Crippen LogP contribution in [0.25, 0.3) is 0 Å². The standard InChI is InChI=1S/C31H42BrN7O2/c32-26-9-5-4-8-24(26)25(18-20-10-12-23(13-11-20)28(33)34)29(40)38-27(22-6-2-1-3-7-22)30(41)37-19-21-14-16-39(17-15-21)31(35)36/h4-5,8-13,21-22,25,27H,1-3,6-7,14-19H2,(H3,33,34)(H3,35,36)(H,37,41)(H,38,40)/t25?,27-/m0/s1. The molecule has 2 aromatic carbocycles. The van der Waals surface area contributed by atoms with Gasteiger partial charge in [0, 0.05) is 29.7 Å². The van der Waals surface area contributed by atoms with E-state index in [0.29, 0.717) is 24.4 Å². The maximum Gasteiger partial charge on any atom is 0.242 e. The summed E-state index contributed by atoms with van der Waals surface area (Å²) in [6.45, 7) is 2.00. The van der Waals surface area contributed by atoms with Crippen LogP contribution in [0.2, 0.25) is 0 Å². The van der Waals surface area contributed by atoms with Crippen molar-refractivity contribution in [2.45, 2.75) is 63.3 Å². The van der Waals surface area contributed by atoms with E-state index in [1.54, 1.807) is 12.1 Å². The van der Waals surface area contributed by atoms with Gasteiger partial charge in [-0.05, 0) is 61.1 Å².